The number of amidine groups is 1. The topological polar surface area (TPSA) is 82.5 Å². The summed E-state index contributed by atoms with van der Waals surface area (Å²) >= 11 is 0. The first-order chi connectivity index (χ1) is 11.1. The van der Waals surface area contributed by atoms with Gasteiger partial charge in [0.15, 0.2) is 0 Å². The second-order valence-corrected chi connectivity index (χ2v) is 6.31. The number of rotatable bonds is 6. The summed E-state index contributed by atoms with van der Waals surface area (Å²) in [5.74, 6) is 0.460. The highest BCUT2D eigenvalue weighted by Gasteiger charge is 2.31. The summed E-state index contributed by atoms with van der Waals surface area (Å²) in [5, 5.41) is 4.87. The Morgan fingerprint density at radius 1 is 1.52 bits per heavy atom. The molecule has 23 heavy (non-hydrogen) atoms. The predicted octanol–water partition coefficient (Wildman–Crippen LogP) is 2.78. The summed E-state index contributed by atoms with van der Waals surface area (Å²) in [6, 6.07) is 6.15. The van der Waals surface area contributed by atoms with Crippen molar-refractivity contribution < 1.29 is 9.63 Å². The lowest BCUT2D eigenvalue weighted by Crippen LogP contribution is -2.18. The molecule has 2 N–H and O–H groups in total. The lowest BCUT2D eigenvalue weighted by atomic mass is 10.1. The second-order valence-electron chi connectivity index (χ2n) is 6.31. The molecule has 0 spiro atoms. The number of pyridine rings is 1. The van der Waals surface area contributed by atoms with E-state index in [0.29, 0.717) is 24.7 Å². The molecule has 0 saturated heterocycles. The Balaban J connectivity index is 1.71. The second kappa shape index (κ2) is 6.40. The highest BCUT2D eigenvalue weighted by molar-refractivity contribution is 5.82. The Hall–Kier alpha value is -2.37. The van der Waals surface area contributed by atoms with Crippen molar-refractivity contribution in [3.05, 3.63) is 30.1 Å². The molecular formula is C17H22N4O2. The smallest absolute Gasteiger partial charge is 0.338 e. The van der Waals surface area contributed by atoms with E-state index in [1.165, 1.54) is 5.69 Å². The Bertz CT molecular complexity index is 744. The van der Waals surface area contributed by atoms with E-state index >= 15 is 0 Å². The van der Waals surface area contributed by atoms with E-state index in [2.05, 4.69) is 40.7 Å². The minimum absolute atomic E-state index is 0.0247. The van der Waals surface area contributed by atoms with Crippen LogP contribution in [-0.4, -0.2) is 21.4 Å². The molecular weight excluding hydrogens is 292 g/mol. The number of aromatic nitrogens is 2. The quantitative estimate of drug-likeness (QED) is 0.385. The highest BCUT2D eigenvalue weighted by Crippen LogP contribution is 2.30. The van der Waals surface area contributed by atoms with Crippen LogP contribution in [0.2, 0.25) is 0 Å². The molecule has 0 unspecified atom stereocenters. The molecule has 0 radical (unpaired) electrons. The molecule has 0 atom stereocenters. The first-order valence-electron chi connectivity index (χ1n) is 8.03. The van der Waals surface area contributed by atoms with Crippen molar-refractivity contribution in [2.45, 2.75) is 45.6 Å². The number of hydrogen-bond acceptors (Lipinski definition) is 4. The van der Waals surface area contributed by atoms with Gasteiger partial charge in [-0.2, -0.15) is 0 Å². The van der Waals surface area contributed by atoms with Gasteiger partial charge in [0.25, 0.3) is 0 Å². The van der Waals surface area contributed by atoms with E-state index in [1.54, 1.807) is 6.20 Å². The summed E-state index contributed by atoms with van der Waals surface area (Å²) in [6.45, 7) is 4.96. The molecule has 1 aliphatic rings. The first-order valence-corrected chi connectivity index (χ1v) is 8.03. The van der Waals surface area contributed by atoms with Gasteiger partial charge in [-0.1, -0.05) is 19.0 Å². The van der Waals surface area contributed by atoms with Crippen LogP contribution >= 0.6 is 0 Å². The van der Waals surface area contributed by atoms with Crippen LogP contribution in [0.3, 0.4) is 0 Å². The zero-order valence-corrected chi connectivity index (χ0v) is 13.5. The zero-order valence-electron chi connectivity index (χ0n) is 13.5. The van der Waals surface area contributed by atoms with Crippen LogP contribution in [0.1, 0.15) is 44.7 Å². The summed E-state index contributed by atoms with van der Waals surface area (Å²) in [6.07, 6.45) is 4.09. The molecule has 0 aromatic carbocycles. The van der Waals surface area contributed by atoms with Gasteiger partial charge in [-0.3, -0.25) is 0 Å². The Morgan fingerprint density at radius 3 is 3.00 bits per heavy atom. The average molecular weight is 314 g/mol. The molecule has 1 aliphatic carbocycles. The van der Waals surface area contributed by atoms with E-state index in [0.717, 1.165) is 23.9 Å². The molecule has 2 aromatic heterocycles. The number of nitrogens with zero attached hydrogens (tertiary/aromatic N) is 3. The maximum absolute atomic E-state index is 11.5. The molecule has 0 amide bonds. The number of fused-ring (bicyclic) bond motifs is 1. The third-order valence-corrected chi connectivity index (χ3v) is 4.03. The van der Waals surface area contributed by atoms with Crippen molar-refractivity contribution in [1.29, 1.82) is 0 Å². The van der Waals surface area contributed by atoms with Crippen LogP contribution in [0.25, 0.3) is 11.0 Å². The molecule has 6 nitrogen and oxygen atoms in total. The van der Waals surface area contributed by atoms with Crippen molar-refractivity contribution in [2.24, 2.45) is 16.8 Å². The number of oxime groups is 1. The molecule has 0 bridgehead atoms. The van der Waals surface area contributed by atoms with Crippen molar-refractivity contribution in [1.82, 2.24) is 9.55 Å². The van der Waals surface area contributed by atoms with Crippen molar-refractivity contribution in [2.75, 3.05) is 0 Å². The lowest BCUT2D eigenvalue weighted by molar-refractivity contribution is -0.145. The van der Waals surface area contributed by atoms with Gasteiger partial charge in [0.1, 0.15) is 11.5 Å². The average Bonchev–Trinajstić information content (AvgIpc) is 3.31. The zero-order chi connectivity index (χ0) is 16.4. The van der Waals surface area contributed by atoms with Crippen LogP contribution < -0.4 is 5.73 Å². The standard InChI is InChI=1S/C17H22N4O2/c1-11(2)14-10-13-4-3-8-19-16(13)21(14)9-7-15(18)20-23-17(22)12-5-6-12/h3-4,8,10-12H,5-7,9H2,1-2H3,(H2,18,20). The fourth-order valence-electron chi connectivity index (χ4n) is 2.59. The van der Waals surface area contributed by atoms with Gasteiger partial charge in [0.2, 0.25) is 0 Å². The van der Waals surface area contributed by atoms with Crippen molar-refractivity contribution in [3.63, 3.8) is 0 Å². The maximum atomic E-state index is 11.5. The number of hydrogen-bond donors (Lipinski definition) is 1. The van der Waals surface area contributed by atoms with Gasteiger partial charge in [0, 0.05) is 30.2 Å². The minimum Gasteiger partial charge on any atom is -0.384 e. The first kappa shape index (κ1) is 15.5. The van der Waals surface area contributed by atoms with Crippen LogP contribution in [0.4, 0.5) is 0 Å². The number of nitrogens with two attached hydrogens (primary N) is 1. The Labute approximate surface area is 135 Å². The van der Waals surface area contributed by atoms with Gasteiger partial charge in [-0.05, 0) is 37.0 Å². The summed E-state index contributed by atoms with van der Waals surface area (Å²) in [4.78, 5) is 20.8. The molecule has 2 aromatic rings. The van der Waals surface area contributed by atoms with Crippen molar-refractivity contribution >= 4 is 22.8 Å². The molecule has 1 fully saturated rings. The maximum Gasteiger partial charge on any atom is 0.338 e. The van der Waals surface area contributed by atoms with Gasteiger partial charge < -0.3 is 15.1 Å². The van der Waals surface area contributed by atoms with E-state index in [1.807, 2.05) is 6.07 Å². The largest absolute Gasteiger partial charge is 0.384 e. The monoisotopic (exact) mass is 314 g/mol. The van der Waals surface area contributed by atoms with Crippen LogP contribution in [0.15, 0.2) is 29.6 Å². The molecule has 1 saturated carbocycles. The summed E-state index contributed by atoms with van der Waals surface area (Å²) in [5.41, 5.74) is 8.02. The fraction of sp³-hybridized carbons (Fsp3) is 0.471. The SMILES string of the molecule is CC(C)c1cc2cccnc2n1CC/C(N)=N/OC(=O)C1CC1. The van der Waals surface area contributed by atoms with Gasteiger partial charge >= 0.3 is 5.97 Å². The summed E-state index contributed by atoms with van der Waals surface area (Å²) in [7, 11) is 0. The third-order valence-electron chi connectivity index (χ3n) is 4.03. The Morgan fingerprint density at radius 2 is 2.30 bits per heavy atom. The van der Waals surface area contributed by atoms with Crippen molar-refractivity contribution in [3.8, 4) is 0 Å². The van der Waals surface area contributed by atoms with E-state index in [4.69, 9.17) is 10.6 Å². The minimum atomic E-state index is -0.274. The third kappa shape index (κ3) is 3.52. The van der Waals surface area contributed by atoms with E-state index in [-0.39, 0.29) is 11.9 Å². The predicted molar refractivity (Wildman–Crippen MR) is 88.9 cm³/mol. The summed E-state index contributed by atoms with van der Waals surface area (Å²) < 4.78 is 2.16. The molecule has 122 valence electrons. The van der Waals surface area contributed by atoms with Gasteiger partial charge in [-0.15, -0.1) is 0 Å². The number of carbonyl (C=O) groups excluding carboxylic acids is 1. The van der Waals surface area contributed by atoms with Gasteiger partial charge in [-0.25, -0.2) is 9.78 Å². The molecule has 2 heterocycles. The van der Waals surface area contributed by atoms with Gasteiger partial charge in [0.05, 0.1) is 5.92 Å². The highest BCUT2D eigenvalue weighted by atomic mass is 16.7. The molecule has 6 heteroatoms. The lowest BCUT2D eigenvalue weighted by Gasteiger charge is -2.12. The molecule has 0 aliphatic heterocycles. The van der Waals surface area contributed by atoms with Crippen LogP contribution in [0, 0.1) is 5.92 Å². The Kier molecular flexibility index (Phi) is 4.32. The normalized spacial score (nSPS) is 15.3. The number of aryl methyl sites for hydroxylation is 1. The fourth-order valence-corrected chi connectivity index (χ4v) is 2.59. The van der Waals surface area contributed by atoms with Crippen LogP contribution in [-0.2, 0) is 16.2 Å². The van der Waals surface area contributed by atoms with E-state index in [9.17, 15) is 4.79 Å². The number of carbonyl (C=O) groups is 1. The van der Waals surface area contributed by atoms with E-state index < -0.39 is 0 Å². The van der Waals surface area contributed by atoms with Crippen LogP contribution in [0.5, 0.6) is 0 Å². The molecule has 3 rings (SSSR count).